The molecule has 0 atom stereocenters. The molecule has 1 fully saturated rings. The van der Waals surface area contributed by atoms with E-state index in [-0.39, 0.29) is 0 Å². The SMILES string of the molecule is COc1cc(N2CCN(C)CC2)ccc1Nc1ncc(Nc2ccncc2)cn1. The van der Waals surface area contributed by atoms with Gasteiger partial charge < -0.3 is 25.2 Å². The van der Waals surface area contributed by atoms with Crippen LogP contribution >= 0.6 is 0 Å². The molecular formula is C21H25N7O. The lowest BCUT2D eigenvalue weighted by atomic mass is 10.2. The van der Waals surface area contributed by atoms with E-state index in [2.05, 4.69) is 54.6 Å². The smallest absolute Gasteiger partial charge is 0.227 e. The van der Waals surface area contributed by atoms with Crippen LogP contribution in [-0.2, 0) is 0 Å². The fourth-order valence-electron chi connectivity index (χ4n) is 3.22. The summed E-state index contributed by atoms with van der Waals surface area (Å²) in [4.78, 5) is 17.5. The van der Waals surface area contributed by atoms with Crippen LogP contribution in [0.5, 0.6) is 5.75 Å². The highest BCUT2D eigenvalue weighted by molar-refractivity contribution is 5.68. The van der Waals surface area contributed by atoms with Crippen molar-refractivity contribution in [3.8, 4) is 5.75 Å². The van der Waals surface area contributed by atoms with Crippen molar-refractivity contribution in [1.29, 1.82) is 0 Å². The molecule has 0 saturated carbocycles. The highest BCUT2D eigenvalue weighted by Crippen LogP contribution is 2.31. The van der Waals surface area contributed by atoms with Crippen LogP contribution in [-0.4, -0.2) is 60.2 Å². The molecule has 2 N–H and O–H groups in total. The summed E-state index contributed by atoms with van der Waals surface area (Å²) in [6.07, 6.45) is 6.94. The Morgan fingerprint density at radius 1 is 0.897 bits per heavy atom. The van der Waals surface area contributed by atoms with Crippen LogP contribution in [0, 0.1) is 0 Å². The number of likely N-dealkylation sites (N-methyl/N-ethyl adjacent to an activating group) is 1. The predicted molar refractivity (Wildman–Crippen MR) is 116 cm³/mol. The first-order valence-electron chi connectivity index (χ1n) is 9.59. The Balaban J connectivity index is 1.44. The maximum Gasteiger partial charge on any atom is 0.227 e. The Morgan fingerprint density at radius 3 is 2.31 bits per heavy atom. The molecule has 2 aromatic heterocycles. The molecule has 150 valence electrons. The average Bonchev–Trinajstić information content (AvgIpc) is 2.77. The third kappa shape index (κ3) is 4.72. The van der Waals surface area contributed by atoms with E-state index in [0.717, 1.165) is 49.0 Å². The number of ether oxygens (including phenoxy) is 1. The minimum Gasteiger partial charge on any atom is -0.494 e. The monoisotopic (exact) mass is 391 g/mol. The molecule has 1 saturated heterocycles. The maximum absolute atomic E-state index is 5.60. The van der Waals surface area contributed by atoms with Crippen molar-refractivity contribution in [3.63, 3.8) is 0 Å². The Labute approximate surface area is 170 Å². The van der Waals surface area contributed by atoms with Crippen LogP contribution in [0.2, 0.25) is 0 Å². The molecule has 3 aromatic rings. The van der Waals surface area contributed by atoms with Crippen LogP contribution in [0.1, 0.15) is 0 Å². The van der Waals surface area contributed by atoms with Gasteiger partial charge in [0, 0.05) is 56.0 Å². The molecule has 0 bridgehead atoms. The van der Waals surface area contributed by atoms with E-state index in [1.54, 1.807) is 31.9 Å². The standard InChI is InChI=1S/C21H25N7O/c1-27-9-11-28(12-10-27)18-3-4-19(20(13-18)29-2)26-21-23-14-17(15-24-21)25-16-5-7-22-8-6-16/h3-8,13-15H,9-12H2,1-2H3,(H,22,25)(H,23,24,26). The van der Waals surface area contributed by atoms with Gasteiger partial charge in [0.2, 0.25) is 5.95 Å². The number of aromatic nitrogens is 3. The normalized spacial score (nSPS) is 14.5. The number of pyridine rings is 1. The molecule has 3 heterocycles. The Bertz CT molecular complexity index is 926. The first kappa shape index (κ1) is 18.9. The van der Waals surface area contributed by atoms with Crippen molar-refractivity contribution in [2.75, 3.05) is 55.9 Å². The van der Waals surface area contributed by atoms with Gasteiger partial charge in [0.15, 0.2) is 0 Å². The lowest BCUT2D eigenvalue weighted by molar-refractivity contribution is 0.312. The molecule has 0 spiro atoms. The molecule has 4 rings (SSSR count). The quantitative estimate of drug-likeness (QED) is 0.664. The van der Waals surface area contributed by atoms with E-state index < -0.39 is 0 Å². The first-order valence-corrected chi connectivity index (χ1v) is 9.59. The summed E-state index contributed by atoms with van der Waals surface area (Å²) in [7, 11) is 3.83. The van der Waals surface area contributed by atoms with Gasteiger partial charge in [0.25, 0.3) is 0 Å². The molecule has 29 heavy (non-hydrogen) atoms. The van der Waals surface area contributed by atoms with Gasteiger partial charge in [0.1, 0.15) is 5.75 Å². The van der Waals surface area contributed by atoms with Crippen LogP contribution < -0.4 is 20.3 Å². The van der Waals surface area contributed by atoms with E-state index in [1.165, 1.54) is 5.69 Å². The molecule has 0 amide bonds. The minimum absolute atomic E-state index is 0.510. The van der Waals surface area contributed by atoms with Crippen LogP contribution in [0.4, 0.5) is 28.7 Å². The van der Waals surface area contributed by atoms with Gasteiger partial charge in [-0.15, -0.1) is 0 Å². The van der Waals surface area contributed by atoms with Gasteiger partial charge in [-0.2, -0.15) is 0 Å². The fraction of sp³-hybridized carbons (Fsp3) is 0.286. The second-order valence-corrected chi connectivity index (χ2v) is 6.96. The van der Waals surface area contributed by atoms with E-state index in [9.17, 15) is 0 Å². The van der Waals surface area contributed by atoms with Gasteiger partial charge in [0.05, 0.1) is 30.9 Å². The molecule has 8 heteroatoms. The molecule has 1 aliphatic rings. The van der Waals surface area contributed by atoms with Crippen molar-refractivity contribution < 1.29 is 4.74 Å². The summed E-state index contributed by atoms with van der Waals surface area (Å²) in [5, 5.41) is 6.48. The third-order valence-corrected chi connectivity index (χ3v) is 4.92. The first-order chi connectivity index (χ1) is 14.2. The van der Waals surface area contributed by atoms with Crippen molar-refractivity contribution in [2.45, 2.75) is 0 Å². The molecule has 1 aromatic carbocycles. The second-order valence-electron chi connectivity index (χ2n) is 6.96. The number of anilines is 5. The van der Waals surface area contributed by atoms with Crippen LogP contribution in [0.15, 0.2) is 55.1 Å². The van der Waals surface area contributed by atoms with Crippen molar-refractivity contribution >= 4 is 28.7 Å². The second kappa shape index (κ2) is 8.74. The van der Waals surface area contributed by atoms with E-state index >= 15 is 0 Å². The van der Waals surface area contributed by atoms with Gasteiger partial charge >= 0.3 is 0 Å². The number of methoxy groups -OCH3 is 1. The third-order valence-electron chi connectivity index (χ3n) is 4.92. The van der Waals surface area contributed by atoms with E-state index in [1.807, 2.05) is 18.2 Å². The summed E-state index contributed by atoms with van der Waals surface area (Å²) in [6.45, 7) is 4.16. The van der Waals surface area contributed by atoms with Gasteiger partial charge in [-0.05, 0) is 31.3 Å². The summed E-state index contributed by atoms with van der Waals surface area (Å²) in [5.41, 5.74) is 3.74. The molecule has 0 radical (unpaired) electrons. The highest BCUT2D eigenvalue weighted by Gasteiger charge is 2.16. The molecular weight excluding hydrogens is 366 g/mol. The largest absolute Gasteiger partial charge is 0.494 e. The fourth-order valence-corrected chi connectivity index (χ4v) is 3.22. The highest BCUT2D eigenvalue weighted by atomic mass is 16.5. The Hall–Kier alpha value is -3.39. The topological polar surface area (TPSA) is 78.4 Å². The van der Waals surface area contributed by atoms with E-state index in [4.69, 9.17) is 4.74 Å². The number of nitrogens with one attached hydrogen (secondary N) is 2. The van der Waals surface area contributed by atoms with E-state index in [0.29, 0.717) is 5.95 Å². The predicted octanol–water partition coefficient (Wildman–Crippen LogP) is 3.12. The number of hydrogen-bond acceptors (Lipinski definition) is 8. The van der Waals surface area contributed by atoms with Crippen LogP contribution in [0.25, 0.3) is 0 Å². The summed E-state index contributed by atoms with van der Waals surface area (Å²) < 4.78 is 5.60. The molecule has 0 unspecified atom stereocenters. The zero-order chi connectivity index (χ0) is 20.1. The molecule has 0 aliphatic carbocycles. The zero-order valence-corrected chi connectivity index (χ0v) is 16.7. The van der Waals surface area contributed by atoms with Crippen molar-refractivity contribution in [2.24, 2.45) is 0 Å². The number of benzene rings is 1. The molecule has 8 nitrogen and oxygen atoms in total. The zero-order valence-electron chi connectivity index (χ0n) is 16.7. The van der Waals surface area contributed by atoms with Crippen molar-refractivity contribution in [3.05, 3.63) is 55.1 Å². The average molecular weight is 391 g/mol. The number of nitrogens with zero attached hydrogens (tertiary/aromatic N) is 5. The van der Waals surface area contributed by atoms with Gasteiger partial charge in [-0.25, -0.2) is 9.97 Å². The lowest BCUT2D eigenvalue weighted by Crippen LogP contribution is -2.44. The number of hydrogen-bond donors (Lipinski definition) is 2. The Morgan fingerprint density at radius 2 is 1.62 bits per heavy atom. The summed E-state index contributed by atoms with van der Waals surface area (Å²) in [5.74, 6) is 1.28. The minimum atomic E-state index is 0.510. The summed E-state index contributed by atoms with van der Waals surface area (Å²) in [6, 6.07) is 9.96. The van der Waals surface area contributed by atoms with Gasteiger partial charge in [-0.3, -0.25) is 4.98 Å². The summed E-state index contributed by atoms with van der Waals surface area (Å²) >= 11 is 0. The lowest BCUT2D eigenvalue weighted by Gasteiger charge is -2.34. The number of rotatable bonds is 6. The van der Waals surface area contributed by atoms with Gasteiger partial charge in [-0.1, -0.05) is 0 Å². The van der Waals surface area contributed by atoms with Crippen molar-refractivity contribution in [1.82, 2.24) is 19.9 Å². The maximum atomic E-state index is 5.60. The number of piperazine rings is 1. The Kier molecular flexibility index (Phi) is 5.71. The molecule has 1 aliphatic heterocycles. The van der Waals surface area contributed by atoms with Crippen LogP contribution in [0.3, 0.4) is 0 Å².